The predicted octanol–water partition coefficient (Wildman–Crippen LogP) is 5.50. The fourth-order valence-corrected chi connectivity index (χ4v) is 3.59. The lowest BCUT2D eigenvalue weighted by atomic mass is 10.1. The number of benzene rings is 3. The van der Waals surface area contributed by atoms with Crippen LogP contribution in [0.2, 0.25) is 0 Å². The molecule has 0 amide bonds. The molecule has 4 aromatic rings. The monoisotopic (exact) mass is 426 g/mol. The number of carboxylic acid groups (broad SMARTS) is 1. The second kappa shape index (κ2) is 9.96. The molecular weight excluding hydrogens is 400 g/mol. The summed E-state index contributed by atoms with van der Waals surface area (Å²) in [7, 11) is 0. The fourth-order valence-electron chi connectivity index (χ4n) is 3.59. The van der Waals surface area contributed by atoms with E-state index in [0.717, 1.165) is 33.8 Å². The van der Waals surface area contributed by atoms with E-state index in [1.807, 2.05) is 54.1 Å². The van der Waals surface area contributed by atoms with E-state index >= 15 is 0 Å². The number of carbonyl (C=O) groups is 1. The fraction of sp³-hybridized carbons (Fsp3) is 0.185. The van der Waals surface area contributed by atoms with Gasteiger partial charge in [0.05, 0.1) is 17.9 Å². The third kappa shape index (κ3) is 5.64. The number of aliphatic carboxylic acids is 1. The van der Waals surface area contributed by atoms with Crippen LogP contribution in [0.1, 0.15) is 28.8 Å². The number of nitrogens with zero attached hydrogens (tertiary/aromatic N) is 2. The lowest BCUT2D eigenvalue weighted by molar-refractivity contribution is -0.136. The molecule has 32 heavy (non-hydrogen) atoms. The maximum atomic E-state index is 10.7. The molecule has 1 heterocycles. The topological polar surface area (TPSA) is 64.3 Å². The second-order valence-corrected chi connectivity index (χ2v) is 7.84. The molecule has 0 aliphatic rings. The molecule has 0 saturated heterocycles. The molecule has 0 unspecified atom stereocenters. The van der Waals surface area contributed by atoms with Crippen LogP contribution in [0.15, 0.2) is 84.9 Å². The SMILES string of the molecule is Cc1cc(-c2ccccc2)n(Cc2ccc(COc3ccc(CCC(=O)O)cc3)cc2)n1. The summed E-state index contributed by atoms with van der Waals surface area (Å²) < 4.78 is 7.92. The lowest BCUT2D eigenvalue weighted by Crippen LogP contribution is -2.04. The molecule has 0 aliphatic carbocycles. The van der Waals surface area contributed by atoms with Gasteiger partial charge in [-0.25, -0.2) is 0 Å². The highest BCUT2D eigenvalue weighted by molar-refractivity contribution is 5.67. The van der Waals surface area contributed by atoms with Crippen molar-refractivity contribution in [2.24, 2.45) is 0 Å². The van der Waals surface area contributed by atoms with Gasteiger partial charge in [-0.05, 0) is 53.8 Å². The van der Waals surface area contributed by atoms with E-state index in [9.17, 15) is 4.79 Å². The Morgan fingerprint density at radius 1 is 0.906 bits per heavy atom. The summed E-state index contributed by atoms with van der Waals surface area (Å²) in [6, 6.07) is 28.4. The van der Waals surface area contributed by atoms with Crippen molar-refractivity contribution in [3.05, 3.63) is 107 Å². The summed E-state index contributed by atoms with van der Waals surface area (Å²) in [5.41, 5.74) is 6.53. The molecule has 0 atom stereocenters. The average Bonchev–Trinajstić information content (AvgIpc) is 3.18. The minimum absolute atomic E-state index is 0.136. The molecule has 0 aliphatic heterocycles. The number of rotatable bonds is 9. The average molecular weight is 427 g/mol. The molecule has 0 saturated carbocycles. The summed E-state index contributed by atoms with van der Waals surface area (Å²) >= 11 is 0. The van der Waals surface area contributed by atoms with Crippen LogP contribution in [0.25, 0.3) is 11.3 Å². The largest absolute Gasteiger partial charge is 0.489 e. The number of hydrogen-bond acceptors (Lipinski definition) is 3. The van der Waals surface area contributed by atoms with Gasteiger partial charge in [0.2, 0.25) is 0 Å². The normalized spacial score (nSPS) is 10.8. The first-order chi connectivity index (χ1) is 15.6. The van der Waals surface area contributed by atoms with Gasteiger partial charge in [0.25, 0.3) is 0 Å². The third-order valence-electron chi connectivity index (χ3n) is 5.28. The quantitative estimate of drug-likeness (QED) is 0.384. The number of aryl methyl sites for hydroxylation is 2. The van der Waals surface area contributed by atoms with Gasteiger partial charge in [-0.3, -0.25) is 9.48 Å². The van der Waals surface area contributed by atoms with Gasteiger partial charge in [-0.2, -0.15) is 5.10 Å². The van der Waals surface area contributed by atoms with E-state index in [1.54, 1.807) is 0 Å². The van der Waals surface area contributed by atoms with Gasteiger partial charge < -0.3 is 9.84 Å². The zero-order valence-corrected chi connectivity index (χ0v) is 18.1. The van der Waals surface area contributed by atoms with Gasteiger partial charge in [-0.15, -0.1) is 0 Å². The first kappa shape index (κ1) is 21.4. The first-order valence-electron chi connectivity index (χ1n) is 10.7. The number of hydrogen-bond donors (Lipinski definition) is 1. The van der Waals surface area contributed by atoms with Crippen LogP contribution in [0.3, 0.4) is 0 Å². The number of aromatic nitrogens is 2. The van der Waals surface area contributed by atoms with Crippen LogP contribution in [-0.4, -0.2) is 20.9 Å². The second-order valence-electron chi connectivity index (χ2n) is 7.84. The lowest BCUT2D eigenvalue weighted by Gasteiger charge is -2.10. The Labute approximate surface area is 187 Å². The van der Waals surface area contributed by atoms with Crippen molar-refractivity contribution in [1.29, 1.82) is 0 Å². The summed E-state index contributed by atoms with van der Waals surface area (Å²) in [5, 5.41) is 13.4. The minimum Gasteiger partial charge on any atom is -0.489 e. The molecule has 5 nitrogen and oxygen atoms in total. The Hall–Kier alpha value is -3.86. The summed E-state index contributed by atoms with van der Waals surface area (Å²) in [5.74, 6) is -0.0135. The molecule has 0 bridgehead atoms. The van der Waals surface area contributed by atoms with Crippen LogP contribution in [0, 0.1) is 6.92 Å². The Balaban J connectivity index is 1.36. The first-order valence-corrected chi connectivity index (χ1v) is 10.7. The van der Waals surface area contributed by atoms with Crippen LogP contribution < -0.4 is 4.74 Å². The van der Waals surface area contributed by atoms with E-state index < -0.39 is 5.97 Å². The molecule has 5 heteroatoms. The molecule has 0 radical (unpaired) electrons. The Morgan fingerprint density at radius 3 is 2.25 bits per heavy atom. The van der Waals surface area contributed by atoms with Crippen molar-refractivity contribution >= 4 is 5.97 Å². The summed E-state index contributed by atoms with van der Waals surface area (Å²) in [6.07, 6.45) is 0.663. The molecular formula is C27H26N2O3. The molecule has 3 aromatic carbocycles. The number of ether oxygens (including phenoxy) is 1. The van der Waals surface area contributed by atoms with Crippen LogP contribution >= 0.6 is 0 Å². The van der Waals surface area contributed by atoms with Crippen molar-refractivity contribution in [2.45, 2.75) is 32.9 Å². The van der Waals surface area contributed by atoms with Crippen LogP contribution in [0.5, 0.6) is 5.75 Å². The summed E-state index contributed by atoms with van der Waals surface area (Å²) in [6.45, 7) is 3.20. The highest BCUT2D eigenvalue weighted by atomic mass is 16.5. The summed E-state index contributed by atoms with van der Waals surface area (Å²) in [4.78, 5) is 10.7. The van der Waals surface area contributed by atoms with Gasteiger partial charge in [-0.1, -0.05) is 66.7 Å². The van der Waals surface area contributed by atoms with E-state index in [0.29, 0.717) is 19.6 Å². The van der Waals surface area contributed by atoms with Crippen molar-refractivity contribution in [3.8, 4) is 17.0 Å². The van der Waals surface area contributed by atoms with Gasteiger partial charge in [0, 0.05) is 6.42 Å². The predicted molar refractivity (Wildman–Crippen MR) is 125 cm³/mol. The van der Waals surface area contributed by atoms with Crippen LogP contribution in [-0.2, 0) is 24.4 Å². The Morgan fingerprint density at radius 2 is 1.56 bits per heavy atom. The highest BCUT2D eigenvalue weighted by Crippen LogP contribution is 2.22. The molecule has 4 rings (SSSR count). The minimum atomic E-state index is -0.784. The van der Waals surface area contributed by atoms with E-state index in [1.165, 1.54) is 5.56 Å². The maximum Gasteiger partial charge on any atom is 0.303 e. The molecule has 1 aromatic heterocycles. The Kier molecular flexibility index (Phi) is 6.66. The standard InChI is InChI=1S/C27H26N2O3/c1-20-17-26(24-5-3-2-4-6-24)29(28-20)18-22-7-9-23(10-8-22)19-32-25-14-11-21(12-15-25)13-16-27(30)31/h2-12,14-15,17H,13,16,18-19H2,1H3,(H,30,31). The van der Waals surface area contributed by atoms with Crippen molar-refractivity contribution < 1.29 is 14.6 Å². The molecule has 0 fully saturated rings. The van der Waals surface area contributed by atoms with E-state index in [-0.39, 0.29) is 6.42 Å². The zero-order chi connectivity index (χ0) is 22.3. The zero-order valence-electron chi connectivity index (χ0n) is 18.1. The molecule has 162 valence electrons. The maximum absolute atomic E-state index is 10.7. The van der Waals surface area contributed by atoms with Crippen LogP contribution in [0.4, 0.5) is 0 Å². The van der Waals surface area contributed by atoms with Crippen molar-refractivity contribution in [3.63, 3.8) is 0 Å². The third-order valence-corrected chi connectivity index (χ3v) is 5.28. The Bertz CT molecular complexity index is 1160. The highest BCUT2D eigenvalue weighted by Gasteiger charge is 2.08. The molecule has 1 N–H and O–H groups in total. The van der Waals surface area contributed by atoms with Gasteiger partial charge in [0.1, 0.15) is 12.4 Å². The van der Waals surface area contributed by atoms with Gasteiger partial charge >= 0.3 is 5.97 Å². The van der Waals surface area contributed by atoms with Crippen molar-refractivity contribution in [1.82, 2.24) is 9.78 Å². The van der Waals surface area contributed by atoms with Gasteiger partial charge in [0.15, 0.2) is 0 Å². The molecule has 0 spiro atoms. The van der Waals surface area contributed by atoms with E-state index in [2.05, 4.69) is 47.6 Å². The van der Waals surface area contributed by atoms with E-state index in [4.69, 9.17) is 9.84 Å². The number of carboxylic acids is 1. The van der Waals surface area contributed by atoms with Crippen molar-refractivity contribution in [2.75, 3.05) is 0 Å². The smallest absolute Gasteiger partial charge is 0.303 e.